The van der Waals surface area contributed by atoms with E-state index in [0.29, 0.717) is 5.92 Å². The van der Waals surface area contributed by atoms with Crippen molar-refractivity contribution in [2.24, 2.45) is 5.92 Å². The highest BCUT2D eigenvalue weighted by atomic mass is 16.3. The second kappa shape index (κ2) is 4.11. The molecule has 0 amide bonds. The van der Waals surface area contributed by atoms with Crippen LogP contribution >= 0.6 is 0 Å². The van der Waals surface area contributed by atoms with E-state index in [9.17, 15) is 5.11 Å². The molecule has 2 nitrogen and oxygen atoms in total. The van der Waals surface area contributed by atoms with Crippen molar-refractivity contribution in [3.63, 3.8) is 0 Å². The number of aryl methyl sites for hydroxylation is 1. The van der Waals surface area contributed by atoms with Crippen LogP contribution in [0.3, 0.4) is 0 Å². The van der Waals surface area contributed by atoms with Crippen LogP contribution < -0.4 is 0 Å². The number of aliphatic hydroxyl groups is 1. The van der Waals surface area contributed by atoms with Crippen molar-refractivity contribution in [2.75, 3.05) is 19.6 Å². The van der Waals surface area contributed by atoms with E-state index in [-0.39, 0.29) is 0 Å². The third-order valence-corrected chi connectivity index (χ3v) is 4.62. The zero-order chi connectivity index (χ0) is 11.9. The Balaban J connectivity index is 1.90. The second-order valence-corrected chi connectivity index (χ2v) is 5.51. The van der Waals surface area contributed by atoms with Gasteiger partial charge in [0, 0.05) is 19.0 Å². The lowest BCUT2D eigenvalue weighted by Gasteiger charge is -2.39. The van der Waals surface area contributed by atoms with Gasteiger partial charge in [-0.25, -0.2) is 0 Å². The van der Waals surface area contributed by atoms with Crippen LogP contribution in [0.5, 0.6) is 0 Å². The number of rotatable bonds is 2. The van der Waals surface area contributed by atoms with Gasteiger partial charge in [-0.2, -0.15) is 0 Å². The van der Waals surface area contributed by atoms with Crippen molar-refractivity contribution < 1.29 is 5.11 Å². The van der Waals surface area contributed by atoms with Crippen molar-refractivity contribution in [3.8, 4) is 0 Å². The van der Waals surface area contributed by atoms with Crippen molar-refractivity contribution in [2.45, 2.75) is 31.8 Å². The summed E-state index contributed by atoms with van der Waals surface area (Å²) < 4.78 is 0. The van der Waals surface area contributed by atoms with Gasteiger partial charge in [0.2, 0.25) is 0 Å². The first-order chi connectivity index (χ1) is 8.22. The molecule has 92 valence electrons. The molecule has 1 aromatic carbocycles. The van der Waals surface area contributed by atoms with Crippen molar-refractivity contribution in [1.29, 1.82) is 0 Å². The number of hydrogen-bond acceptors (Lipinski definition) is 2. The van der Waals surface area contributed by atoms with Crippen molar-refractivity contribution >= 4 is 0 Å². The maximum atomic E-state index is 11.0. The molecule has 2 bridgehead atoms. The highest BCUT2D eigenvalue weighted by Gasteiger charge is 2.45. The summed E-state index contributed by atoms with van der Waals surface area (Å²) in [6, 6.07) is 8.59. The second-order valence-electron chi connectivity index (χ2n) is 5.51. The fourth-order valence-electron chi connectivity index (χ4n) is 3.37. The molecular weight excluding hydrogens is 210 g/mol. The first-order valence-electron chi connectivity index (χ1n) is 6.76. The molecule has 2 heteroatoms. The molecule has 3 unspecified atom stereocenters. The predicted octanol–water partition coefficient (Wildman–Crippen LogP) is 2.16. The molecule has 1 aromatic rings. The normalized spacial score (nSPS) is 36.1. The number of hydrogen-bond donors (Lipinski definition) is 1. The fourth-order valence-corrected chi connectivity index (χ4v) is 3.37. The molecule has 2 heterocycles. The van der Waals surface area contributed by atoms with Gasteiger partial charge in [0.05, 0.1) is 5.60 Å². The van der Waals surface area contributed by atoms with E-state index in [1.807, 2.05) is 0 Å². The average molecular weight is 231 g/mol. The molecule has 17 heavy (non-hydrogen) atoms. The zero-order valence-electron chi connectivity index (χ0n) is 10.5. The minimum atomic E-state index is -0.570. The number of fused-ring (bicyclic) bond motifs is 2. The summed E-state index contributed by atoms with van der Waals surface area (Å²) in [4.78, 5) is 2.47. The Labute approximate surface area is 103 Å². The van der Waals surface area contributed by atoms with Gasteiger partial charge in [0.15, 0.2) is 0 Å². The molecule has 0 saturated carbocycles. The summed E-state index contributed by atoms with van der Waals surface area (Å²) in [6.45, 7) is 5.45. The molecule has 0 spiro atoms. The number of benzene rings is 1. The van der Waals surface area contributed by atoms with Gasteiger partial charge in [-0.1, -0.05) is 31.2 Å². The van der Waals surface area contributed by atoms with Crippen LogP contribution in [-0.2, 0) is 12.0 Å². The quantitative estimate of drug-likeness (QED) is 0.843. The highest BCUT2D eigenvalue weighted by Crippen LogP contribution is 2.42. The standard InChI is InChI=1S/C15H21NO/c1-2-12-3-5-13(6-4-12)15(17)8-10-16-9-7-14(15)11-16/h3-6,14,17H,2,7-11H2,1H3. The summed E-state index contributed by atoms with van der Waals surface area (Å²) in [5.74, 6) is 0.434. The molecule has 2 aliphatic heterocycles. The van der Waals surface area contributed by atoms with Crippen LogP contribution in [0, 0.1) is 5.92 Å². The van der Waals surface area contributed by atoms with Gasteiger partial charge in [-0.05, 0) is 36.9 Å². The molecular formula is C15H21NO. The average Bonchev–Trinajstić information content (AvgIpc) is 2.80. The maximum Gasteiger partial charge on any atom is 0.0949 e. The van der Waals surface area contributed by atoms with Gasteiger partial charge < -0.3 is 10.0 Å². The van der Waals surface area contributed by atoms with E-state index in [0.717, 1.165) is 37.9 Å². The molecule has 3 rings (SSSR count). The SMILES string of the molecule is CCc1ccc(C2(O)CCN3CCC2C3)cc1. The predicted molar refractivity (Wildman–Crippen MR) is 68.9 cm³/mol. The van der Waals surface area contributed by atoms with Gasteiger partial charge in [0.1, 0.15) is 0 Å². The molecule has 2 aliphatic rings. The van der Waals surface area contributed by atoms with Crippen LogP contribution in [0.25, 0.3) is 0 Å². The highest BCUT2D eigenvalue weighted by molar-refractivity contribution is 5.29. The maximum absolute atomic E-state index is 11.0. The van der Waals surface area contributed by atoms with Gasteiger partial charge in [-0.15, -0.1) is 0 Å². The van der Waals surface area contributed by atoms with Crippen LogP contribution in [0.15, 0.2) is 24.3 Å². The fraction of sp³-hybridized carbons (Fsp3) is 0.600. The van der Waals surface area contributed by atoms with Crippen LogP contribution in [0.4, 0.5) is 0 Å². The molecule has 0 aliphatic carbocycles. The molecule has 2 saturated heterocycles. The summed E-state index contributed by atoms with van der Waals surface area (Å²) >= 11 is 0. The largest absolute Gasteiger partial charge is 0.385 e. The third kappa shape index (κ3) is 1.80. The zero-order valence-corrected chi connectivity index (χ0v) is 10.5. The molecule has 1 N–H and O–H groups in total. The van der Waals surface area contributed by atoms with Gasteiger partial charge in [0.25, 0.3) is 0 Å². The summed E-state index contributed by atoms with van der Waals surface area (Å²) in [6.07, 6.45) is 3.10. The topological polar surface area (TPSA) is 23.5 Å². The monoisotopic (exact) mass is 231 g/mol. The van der Waals surface area contributed by atoms with Gasteiger partial charge >= 0.3 is 0 Å². The van der Waals surface area contributed by atoms with Gasteiger partial charge in [-0.3, -0.25) is 0 Å². The molecule has 0 radical (unpaired) electrons. The van der Waals surface area contributed by atoms with Crippen LogP contribution in [0.1, 0.15) is 30.9 Å². The lowest BCUT2D eigenvalue weighted by molar-refractivity contribution is -0.0502. The molecule has 3 atom stereocenters. The van der Waals surface area contributed by atoms with Crippen molar-refractivity contribution in [3.05, 3.63) is 35.4 Å². The summed E-state index contributed by atoms with van der Waals surface area (Å²) in [5, 5.41) is 11.0. The Morgan fingerprint density at radius 1 is 1.29 bits per heavy atom. The van der Waals surface area contributed by atoms with Crippen molar-refractivity contribution in [1.82, 2.24) is 4.90 Å². The minimum Gasteiger partial charge on any atom is -0.385 e. The number of piperidine rings is 1. The van der Waals surface area contributed by atoms with Crippen LogP contribution in [-0.4, -0.2) is 29.6 Å². The third-order valence-electron chi connectivity index (χ3n) is 4.62. The first-order valence-corrected chi connectivity index (χ1v) is 6.76. The Bertz CT molecular complexity index is 400. The lowest BCUT2D eigenvalue weighted by atomic mass is 9.77. The van der Waals surface area contributed by atoms with E-state index in [1.165, 1.54) is 12.1 Å². The lowest BCUT2D eigenvalue weighted by Crippen LogP contribution is -2.44. The molecule has 0 aromatic heterocycles. The summed E-state index contributed by atoms with van der Waals surface area (Å²) in [7, 11) is 0. The van der Waals surface area contributed by atoms with E-state index in [4.69, 9.17) is 0 Å². The molecule has 2 fully saturated rings. The Hall–Kier alpha value is -0.860. The van der Waals surface area contributed by atoms with E-state index >= 15 is 0 Å². The Morgan fingerprint density at radius 2 is 2.06 bits per heavy atom. The van der Waals surface area contributed by atoms with Crippen LogP contribution in [0.2, 0.25) is 0 Å². The number of nitrogens with zero attached hydrogens (tertiary/aromatic N) is 1. The minimum absolute atomic E-state index is 0.434. The smallest absolute Gasteiger partial charge is 0.0949 e. The first kappa shape index (κ1) is 11.2. The Kier molecular flexibility index (Phi) is 2.72. The van der Waals surface area contributed by atoms with E-state index in [1.54, 1.807) is 0 Å². The van der Waals surface area contributed by atoms with E-state index in [2.05, 4.69) is 36.1 Å². The van der Waals surface area contributed by atoms with E-state index < -0.39 is 5.60 Å². The Morgan fingerprint density at radius 3 is 2.76 bits per heavy atom. The summed E-state index contributed by atoms with van der Waals surface area (Å²) in [5.41, 5.74) is 1.90.